The number of carbonyl (C=O) groups excluding carboxylic acids is 1. The highest BCUT2D eigenvalue weighted by molar-refractivity contribution is 5.63. The van der Waals surface area contributed by atoms with E-state index in [-0.39, 0.29) is 11.7 Å². The van der Waals surface area contributed by atoms with Crippen molar-refractivity contribution in [3.05, 3.63) is 29.3 Å². The molecule has 0 fully saturated rings. The van der Waals surface area contributed by atoms with Gasteiger partial charge in [-0.2, -0.15) is 8.78 Å². The molecular formula is C11H12F2O2. The van der Waals surface area contributed by atoms with Gasteiger partial charge in [0.1, 0.15) is 12.0 Å². The SMILES string of the molecule is Cc1c(OC(F)F)cccc1C(C)C=O. The summed E-state index contributed by atoms with van der Waals surface area (Å²) in [6.07, 6.45) is 0.772. The molecule has 1 rings (SSSR count). The van der Waals surface area contributed by atoms with Crippen LogP contribution in [-0.2, 0) is 4.79 Å². The van der Waals surface area contributed by atoms with Crippen LogP contribution in [0.2, 0.25) is 0 Å². The maximum atomic E-state index is 12.0. The van der Waals surface area contributed by atoms with Crippen LogP contribution in [0, 0.1) is 6.92 Å². The van der Waals surface area contributed by atoms with Gasteiger partial charge in [0.05, 0.1) is 0 Å². The lowest BCUT2D eigenvalue weighted by molar-refractivity contribution is -0.108. The lowest BCUT2D eigenvalue weighted by Crippen LogP contribution is -2.06. The van der Waals surface area contributed by atoms with Crippen LogP contribution >= 0.6 is 0 Å². The zero-order chi connectivity index (χ0) is 11.4. The van der Waals surface area contributed by atoms with Crippen molar-refractivity contribution < 1.29 is 18.3 Å². The number of halogens is 2. The minimum atomic E-state index is -2.84. The predicted molar refractivity (Wildman–Crippen MR) is 52.3 cm³/mol. The highest BCUT2D eigenvalue weighted by Gasteiger charge is 2.13. The van der Waals surface area contributed by atoms with Gasteiger partial charge in [-0.1, -0.05) is 19.1 Å². The van der Waals surface area contributed by atoms with Gasteiger partial charge in [-0.05, 0) is 24.1 Å². The van der Waals surface area contributed by atoms with Gasteiger partial charge in [0.25, 0.3) is 0 Å². The van der Waals surface area contributed by atoms with Gasteiger partial charge in [0.2, 0.25) is 0 Å². The molecule has 0 aromatic heterocycles. The van der Waals surface area contributed by atoms with Gasteiger partial charge >= 0.3 is 6.61 Å². The molecule has 1 aromatic carbocycles. The molecule has 0 heterocycles. The van der Waals surface area contributed by atoms with Gasteiger partial charge in [-0.15, -0.1) is 0 Å². The summed E-state index contributed by atoms with van der Waals surface area (Å²) < 4.78 is 28.4. The van der Waals surface area contributed by atoms with Crippen molar-refractivity contribution in [3.8, 4) is 5.75 Å². The molecule has 0 amide bonds. The Balaban J connectivity index is 3.05. The average Bonchev–Trinajstić information content (AvgIpc) is 2.19. The molecular weight excluding hydrogens is 202 g/mol. The molecule has 0 saturated heterocycles. The van der Waals surface area contributed by atoms with Crippen molar-refractivity contribution in [1.29, 1.82) is 0 Å². The standard InChI is InChI=1S/C11H12F2O2/c1-7(6-14)9-4-3-5-10(8(9)2)15-11(12)13/h3-7,11H,1-2H3. The molecule has 0 aliphatic carbocycles. The van der Waals surface area contributed by atoms with Crippen molar-refractivity contribution in [3.63, 3.8) is 0 Å². The quantitative estimate of drug-likeness (QED) is 0.720. The Labute approximate surface area is 86.9 Å². The van der Waals surface area contributed by atoms with Crippen molar-refractivity contribution in [2.45, 2.75) is 26.4 Å². The third-order valence-corrected chi connectivity index (χ3v) is 2.24. The van der Waals surface area contributed by atoms with Crippen molar-refractivity contribution in [1.82, 2.24) is 0 Å². The minimum Gasteiger partial charge on any atom is -0.435 e. The zero-order valence-corrected chi connectivity index (χ0v) is 8.54. The van der Waals surface area contributed by atoms with E-state index in [4.69, 9.17) is 0 Å². The fraction of sp³-hybridized carbons (Fsp3) is 0.364. The Morgan fingerprint density at radius 3 is 2.60 bits per heavy atom. The normalized spacial score (nSPS) is 12.6. The minimum absolute atomic E-state index is 0.121. The highest BCUT2D eigenvalue weighted by Crippen LogP contribution is 2.27. The second-order valence-corrected chi connectivity index (χ2v) is 3.27. The van der Waals surface area contributed by atoms with E-state index >= 15 is 0 Å². The number of benzene rings is 1. The molecule has 1 unspecified atom stereocenters. The molecule has 0 spiro atoms. The molecule has 0 aliphatic heterocycles. The predicted octanol–water partition coefficient (Wildman–Crippen LogP) is 2.90. The molecule has 15 heavy (non-hydrogen) atoms. The van der Waals surface area contributed by atoms with Crippen LogP contribution < -0.4 is 4.74 Å². The summed E-state index contributed by atoms with van der Waals surface area (Å²) in [6, 6.07) is 4.79. The highest BCUT2D eigenvalue weighted by atomic mass is 19.3. The average molecular weight is 214 g/mol. The maximum Gasteiger partial charge on any atom is 0.387 e. The second kappa shape index (κ2) is 4.87. The van der Waals surface area contributed by atoms with Crippen LogP contribution in [0.25, 0.3) is 0 Å². The summed E-state index contributed by atoms with van der Waals surface area (Å²) in [5.74, 6) is -0.192. The molecule has 2 nitrogen and oxygen atoms in total. The smallest absolute Gasteiger partial charge is 0.387 e. The number of alkyl halides is 2. The molecule has 0 radical (unpaired) electrons. The monoisotopic (exact) mass is 214 g/mol. The summed E-state index contributed by atoms with van der Waals surface area (Å²) in [5, 5.41) is 0. The molecule has 1 atom stereocenters. The third kappa shape index (κ3) is 2.75. The van der Waals surface area contributed by atoms with Crippen LogP contribution in [0.15, 0.2) is 18.2 Å². The molecule has 0 N–H and O–H groups in total. The molecule has 0 bridgehead atoms. The fourth-order valence-electron chi connectivity index (χ4n) is 1.42. The van der Waals surface area contributed by atoms with E-state index in [0.717, 1.165) is 6.29 Å². The first-order valence-electron chi connectivity index (χ1n) is 4.56. The number of rotatable bonds is 4. The number of aldehydes is 1. The van der Waals surface area contributed by atoms with Crippen LogP contribution in [-0.4, -0.2) is 12.9 Å². The Hall–Kier alpha value is -1.45. The van der Waals surface area contributed by atoms with E-state index in [1.165, 1.54) is 6.07 Å². The van der Waals surface area contributed by atoms with E-state index in [1.807, 2.05) is 0 Å². The number of ether oxygens (including phenoxy) is 1. The summed E-state index contributed by atoms with van der Waals surface area (Å²) in [4.78, 5) is 10.6. The molecule has 0 saturated carbocycles. The van der Waals surface area contributed by atoms with Gasteiger partial charge in [0.15, 0.2) is 0 Å². The van der Waals surface area contributed by atoms with Gasteiger partial charge in [-0.25, -0.2) is 0 Å². The summed E-state index contributed by atoms with van der Waals surface area (Å²) >= 11 is 0. The number of carbonyl (C=O) groups is 1. The zero-order valence-electron chi connectivity index (χ0n) is 8.54. The summed E-state index contributed by atoms with van der Waals surface area (Å²) in [6.45, 7) is 0.527. The third-order valence-electron chi connectivity index (χ3n) is 2.24. The van der Waals surface area contributed by atoms with Crippen LogP contribution in [0.3, 0.4) is 0 Å². The first-order valence-corrected chi connectivity index (χ1v) is 4.56. The second-order valence-electron chi connectivity index (χ2n) is 3.27. The van der Waals surface area contributed by atoms with Gasteiger partial charge in [-0.3, -0.25) is 0 Å². The van der Waals surface area contributed by atoms with E-state index in [9.17, 15) is 13.6 Å². The first-order chi connectivity index (χ1) is 7.06. The van der Waals surface area contributed by atoms with Crippen molar-refractivity contribution in [2.24, 2.45) is 0 Å². The van der Waals surface area contributed by atoms with Crippen LogP contribution in [0.4, 0.5) is 8.78 Å². The molecule has 82 valence electrons. The van der Waals surface area contributed by atoms with E-state index < -0.39 is 6.61 Å². The van der Waals surface area contributed by atoms with Crippen molar-refractivity contribution in [2.75, 3.05) is 0 Å². The van der Waals surface area contributed by atoms with Crippen LogP contribution in [0.5, 0.6) is 5.75 Å². The number of hydrogen-bond donors (Lipinski definition) is 0. The summed E-state index contributed by atoms with van der Waals surface area (Å²) in [5.41, 5.74) is 1.29. The lowest BCUT2D eigenvalue weighted by atomic mass is 9.97. The number of hydrogen-bond acceptors (Lipinski definition) is 2. The Morgan fingerprint density at radius 1 is 1.40 bits per heavy atom. The van der Waals surface area contributed by atoms with Crippen LogP contribution in [0.1, 0.15) is 24.0 Å². The van der Waals surface area contributed by atoms with Gasteiger partial charge in [0, 0.05) is 5.92 Å². The summed E-state index contributed by atoms with van der Waals surface area (Å²) in [7, 11) is 0. The van der Waals surface area contributed by atoms with Gasteiger partial charge < -0.3 is 9.53 Å². The molecule has 4 heteroatoms. The first kappa shape index (κ1) is 11.6. The molecule has 1 aromatic rings. The maximum absolute atomic E-state index is 12.0. The van der Waals surface area contributed by atoms with E-state index in [0.29, 0.717) is 11.1 Å². The van der Waals surface area contributed by atoms with E-state index in [1.54, 1.807) is 26.0 Å². The van der Waals surface area contributed by atoms with E-state index in [2.05, 4.69) is 4.74 Å². The molecule has 0 aliphatic rings. The topological polar surface area (TPSA) is 26.3 Å². The Morgan fingerprint density at radius 2 is 2.07 bits per heavy atom. The Kier molecular flexibility index (Phi) is 3.77. The largest absolute Gasteiger partial charge is 0.435 e. The fourth-order valence-corrected chi connectivity index (χ4v) is 1.42. The van der Waals surface area contributed by atoms with Crippen molar-refractivity contribution >= 4 is 6.29 Å². The Bertz CT molecular complexity index is 350. The lowest BCUT2D eigenvalue weighted by Gasteiger charge is -2.13.